The number of amides is 1. The van der Waals surface area contributed by atoms with E-state index in [1.54, 1.807) is 20.8 Å². The summed E-state index contributed by atoms with van der Waals surface area (Å²) in [5.41, 5.74) is -0.733. The van der Waals surface area contributed by atoms with Crippen LogP contribution >= 0.6 is 0 Å². The maximum absolute atomic E-state index is 12.2. The van der Waals surface area contributed by atoms with Crippen LogP contribution in [-0.2, 0) is 24.0 Å². The van der Waals surface area contributed by atoms with Crippen molar-refractivity contribution in [3.05, 3.63) is 12.2 Å². The molecule has 0 radical (unpaired) electrons. The highest BCUT2D eigenvalue weighted by molar-refractivity contribution is 6.14. The topological polar surface area (TPSA) is 127 Å². The SMILES string of the molecule is CON=C1C=CC(NC=O)=NC1C(C(=O)O)C(=O)OC(C)(C)C. The first-order valence-corrected chi connectivity index (χ1v) is 6.72. The second kappa shape index (κ2) is 7.52. The van der Waals surface area contributed by atoms with Crippen molar-refractivity contribution in [3.63, 3.8) is 0 Å². The van der Waals surface area contributed by atoms with E-state index in [9.17, 15) is 19.5 Å². The van der Waals surface area contributed by atoms with E-state index in [1.165, 1.54) is 19.3 Å². The second-order valence-corrected chi connectivity index (χ2v) is 5.60. The number of aliphatic carboxylic acids is 1. The number of carboxylic acid groups (broad SMARTS) is 1. The van der Waals surface area contributed by atoms with Gasteiger partial charge in [0.1, 0.15) is 30.3 Å². The Kier molecular flexibility index (Phi) is 6.00. The number of nitrogens with zero attached hydrogens (tertiary/aromatic N) is 2. The molecule has 9 heteroatoms. The monoisotopic (exact) mass is 325 g/mol. The minimum atomic E-state index is -1.63. The number of carboxylic acids is 1. The number of hydrogen-bond acceptors (Lipinski definition) is 7. The smallest absolute Gasteiger partial charge is 0.323 e. The molecule has 126 valence electrons. The molecule has 0 bridgehead atoms. The Hall–Kier alpha value is -2.71. The van der Waals surface area contributed by atoms with Crippen LogP contribution in [0, 0.1) is 5.92 Å². The summed E-state index contributed by atoms with van der Waals surface area (Å²) in [7, 11) is 1.28. The Balaban J connectivity index is 3.21. The highest BCUT2D eigenvalue weighted by atomic mass is 16.6. The van der Waals surface area contributed by atoms with Crippen LogP contribution in [0.25, 0.3) is 0 Å². The number of nitrogens with one attached hydrogen (secondary N) is 1. The van der Waals surface area contributed by atoms with Crippen LogP contribution in [-0.4, -0.2) is 53.8 Å². The van der Waals surface area contributed by atoms with Gasteiger partial charge in [0, 0.05) is 0 Å². The van der Waals surface area contributed by atoms with Gasteiger partial charge in [-0.05, 0) is 32.9 Å². The highest BCUT2D eigenvalue weighted by Gasteiger charge is 2.41. The quantitative estimate of drug-likeness (QED) is 0.320. The van der Waals surface area contributed by atoms with Crippen molar-refractivity contribution in [2.45, 2.75) is 32.4 Å². The zero-order chi connectivity index (χ0) is 17.6. The second-order valence-electron chi connectivity index (χ2n) is 5.60. The van der Waals surface area contributed by atoms with Crippen molar-refractivity contribution < 1.29 is 29.1 Å². The Morgan fingerprint density at radius 3 is 2.57 bits per heavy atom. The molecule has 1 aliphatic rings. The lowest BCUT2D eigenvalue weighted by Crippen LogP contribution is -2.44. The Bertz CT molecular complexity index is 574. The third-order valence-electron chi connectivity index (χ3n) is 2.64. The van der Waals surface area contributed by atoms with Crippen LogP contribution in [0.5, 0.6) is 0 Å². The molecule has 1 amide bonds. The van der Waals surface area contributed by atoms with Gasteiger partial charge < -0.3 is 20.0 Å². The first-order chi connectivity index (χ1) is 10.7. The van der Waals surface area contributed by atoms with Crippen molar-refractivity contribution in [1.29, 1.82) is 0 Å². The Morgan fingerprint density at radius 1 is 1.43 bits per heavy atom. The molecular formula is C14H19N3O6. The van der Waals surface area contributed by atoms with Gasteiger partial charge in [-0.1, -0.05) is 5.16 Å². The number of ether oxygens (including phenoxy) is 1. The number of carbonyl (C=O) groups excluding carboxylic acids is 2. The lowest BCUT2D eigenvalue weighted by molar-refractivity contribution is -0.166. The van der Waals surface area contributed by atoms with Crippen molar-refractivity contribution in [3.8, 4) is 0 Å². The summed E-state index contributed by atoms with van der Waals surface area (Å²) in [6.07, 6.45) is 3.21. The number of dihydropyridines is 1. The molecule has 1 rings (SSSR count). The predicted molar refractivity (Wildman–Crippen MR) is 81.0 cm³/mol. The molecule has 23 heavy (non-hydrogen) atoms. The molecule has 2 atom stereocenters. The minimum Gasteiger partial charge on any atom is -0.481 e. The van der Waals surface area contributed by atoms with E-state index in [2.05, 4.69) is 20.3 Å². The van der Waals surface area contributed by atoms with Crippen LogP contribution in [0.15, 0.2) is 22.3 Å². The summed E-state index contributed by atoms with van der Waals surface area (Å²) in [4.78, 5) is 43.0. The number of oxime groups is 1. The molecule has 0 saturated carbocycles. The Morgan fingerprint density at radius 2 is 2.09 bits per heavy atom. The van der Waals surface area contributed by atoms with E-state index in [0.717, 1.165) is 0 Å². The summed E-state index contributed by atoms with van der Waals surface area (Å²) in [5, 5.41) is 15.4. The minimum absolute atomic E-state index is 0.106. The van der Waals surface area contributed by atoms with Gasteiger partial charge in [0.2, 0.25) is 6.41 Å². The fourth-order valence-corrected chi connectivity index (χ4v) is 1.83. The molecule has 2 unspecified atom stereocenters. The lowest BCUT2D eigenvalue weighted by atomic mass is 9.94. The first-order valence-electron chi connectivity index (χ1n) is 6.72. The molecule has 0 aliphatic carbocycles. The van der Waals surface area contributed by atoms with Crippen LogP contribution in [0.4, 0.5) is 0 Å². The molecule has 0 aromatic carbocycles. The van der Waals surface area contributed by atoms with Gasteiger partial charge in [-0.15, -0.1) is 0 Å². The van der Waals surface area contributed by atoms with E-state index in [-0.39, 0.29) is 11.5 Å². The maximum atomic E-state index is 12.2. The average molecular weight is 325 g/mol. The third-order valence-corrected chi connectivity index (χ3v) is 2.64. The van der Waals surface area contributed by atoms with Gasteiger partial charge in [0.15, 0.2) is 5.92 Å². The molecule has 0 fully saturated rings. The number of hydrogen-bond donors (Lipinski definition) is 2. The van der Waals surface area contributed by atoms with E-state index in [1.807, 2.05) is 0 Å². The number of carbonyl (C=O) groups is 3. The van der Waals surface area contributed by atoms with E-state index in [4.69, 9.17) is 4.74 Å². The van der Waals surface area contributed by atoms with Crippen molar-refractivity contribution >= 4 is 29.9 Å². The fourth-order valence-electron chi connectivity index (χ4n) is 1.83. The number of amidine groups is 1. The van der Waals surface area contributed by atoms with Crippen LogP contribution in [0.2, 0.25) is 0 Å². The van der Waals surface area contributed by atoms with Crippen molar-refractivity contribution in [2.24, 2.45) is 16.1 Å². The fraction of sp³-hybridized carbons (Fsp3) is 0.500. The molecule has 0 saturated heterocycles. The summed E-state index contributed by atoms with van der Waals surface area (Å²) in [6.45, 7) is 4.87. The van der Waals surface area contributed by atoms with Crippen LogP contribution in [0.3, 0.4) is 0 Å². The maximum Gasteiger partial charge on any atom is 0.323 e. The van der Waals surface area contributed by atoms with Gasteiger partial charge in [-0.25, -0.2) is 0 Å². The van der Waals surface area contributed by atoms with E-state index >= 15 is 0 Å². The number of aliphatic imine (C=N–C) groups is 1. The van der Waals surface area contributed by atoms with Gasteiger partial charge in [0.05, 0.1) is 0 Å². The molecule has 0 aromatic heterocycles. The lowest BCUT2D eigenvalue weighted by Gasteiger charge is -2.26. The average Bonchev–Trinajstić information content (AvgIpc) is 2.39. The molecular weight excluding hydrogens is 306 g/mol. The highest BCUT2D eigenvalue weighted by Crippen LogP contribution is 2.20. The third kappa shape index (κ3) is 5.20. The van der Waals surface area contributed by atoms with Gasteiger partial charge in [-0.2, -0.15) is 0 Å². The standard InChI is InChI=1S/C14H19N3O6/c1-14(2,3)23-13(21)10(12(19)20)11-8(17-22-4)5-6-9(16-11)15-7-18/h5-7,10-11H,1-4H3,(H,19,20)(H,15,16,18). The summed E-state index contributed by atoms with van der Waals surface area (Å²) in [5.74, 6) is -3.90. The normalized spacial score (nSPS) is 20.4. The van der Waals surface area contributed by atoms with Crippen molar-refractivity contribution in [1.82, 2.24) is 5.32 Å². The van der Waals surface area contributed by atoms with E-state index < -0.39 is 29.5 Å². The zero-order valence-corrected chi connectivity index (χ0v) is 13.3. The predicted octanol–water partition coefficient (Wildman–Crippen LogP) is 0.114. The van der Waals surface area contributed by atoms with E-state index in [0.29, 0.717) is 6.41 Å². The Labute approximate surface area is 133 Å². The number of esters is 1. The number of rotatable bonds is 5. The summed E-state index contributed by atoms with van der Waals surface area (Å²) in [6, 6.07) is -1.19. The van der Waals surface area contributed by atoms with Gasteiger partial charge >= 0.3 is 11.9 Å². The molecule has 9 nitrogen and oxygen atoms in total. The first kappa shape index (κ1) is 18.3. The van der Waals surface area contributed by atoms with Crippen LogP contribution in [0.1, 0.15) is 20.8 Å². The molecule has 1 heterocycles. The molecule has 2 N–H and O–H groups in total. The largest absolute Gasteiger partial charge is 0.481 e. The molecule has 1 aliphatic heterocycles. The van der Waals surface area contributed by atoms with Crippen molar-refractivity contribution in [2.75, 3.05) is 7.11 Å². The molecule has 0 aromatic rings. The molecule has 0 spiro atoms. The van der Waals surface area contributed by atoms with Crippen LogP contribution < -0.4 is 5.32 Å². The van der Waals surface area contributed by atoms with Gasteiger partial charge in [0.25, 0.3) is 0 Å². The zero-order valence-electron chi connectivity index (χ0n) is 13.3. The van der Waals surface area contributed by atoms with Gasteiger partial charge in [-0.3, -0.25) is 19.4 Å². The summed E-state index contributed by atoms with van der Waals surface area (Å²) >= 11 is 0. The summed E-state index contributed by atoms with van der Waals surface area (Å²) < 4.78 is 5.14.